The number of benzene rings is 1. The van der Waals surface area contributed by atoms with Crippen LogP contribution in [0, 0.1) is 0 Å². The van der Waals surface area contributed by atoms with E-state index in [2.05, 4.69) is 45.2 Å². The van der Waals surface area contributed by atoms with Crippen LogP contribution in [0.15, 0.2) is 36.4 Å². The lowest BCUT2D eigenvalue weighted by Crippen LogP contribution is -2.52. The van der Waals surface area contributed by atoms with Crippen LogP contribution in [0.2, 0.25) is 0 Å². The fourth-order valence-electron chi connectivity index (χ4n) is 3.70. The number of nitrogen functional groups attached to an aromatic ring is 1. The van der Waals surface area contributed by atoms with Gasteiger partial charge in [0.05, 0.1) is 11.4 Å². The van der Waals surface area contributed by atoms with Gasteiger partial charge in [-0.3, -0.25) is 4.90 Å². The van der Waals surface area contributed by atoms with Gasteiger partial charge in [0, 0.05) is 30.7 Å². The summed E-state index contributed by atoms with van der Waals surface area (Å²) < 4.78 is 0. The summed E-state index contributed by atoms with van der Waals surface area (Å²) in [5.74, 6) is 0.531. The SMILES string of the molecule is CN1C2CCC1CN(c1cc(-c3ccccc3)nnc1N)C2. The van der Waals surface area contributed by atoms with Crippen molar-refractivity contribution >= 4 is 11.5 Å². The molecule has 2 saturated heterocycles. The zero-order valence-electron chi connectivity index (χ0n) is 12.8. The van der Waals surface area contributed by atoms with Gasteiger partial charge in [-0.2, -0.15) is 0 Å². The molecule has 1 aromatic carbocycles. The summed E-state index contributed by atoms with van der Waals surface area (Å²) in [6, 6.07) is 13.5. The highest BCUT2D eigenvalue weighted by atomic mass is 15.3. The van der Waals surface area contributed by atoms with Crippen LogP contribution in [0.25, 0.3) is 11.3 Å². The molecule has 114 valence electrons. The predicted octanol–water partition coefficient (Wildman–Crippen LogP) is 2.01. The number of nitrogens with zero attached hydrogens (tertiary/aromatic N) is 4. The van der Waals surface area contributed by atoms with Crippen LogP contribution >= 0.6 is 0 Å². The average Bonchev–Trinajstić information content (AvgIpc) is 2.77. The molecule has 0 radical (unpaired) electrons. The Kier molecular flexibility index (Phi) is 3.22. The van der Waals surface area contributed by atoms with Gasteiger partial charge in [0.25, 0.3) is 0 Å². The first-order valence-corrected chi connectivity index (χ1v) is 7.88. The molecule has 0 amide bonds. The van der Waals surface area contributed by atoms with Gasteiger partial charge < -0.3 is 10.6 Å². The van der Waals surface area contributed by atoms with E-state index < -0.39 is 0 Å². The van der Waals surface area contributed by atoms with E-state index >= 15 is 0 Å². The third-order valence-electron chi connectivity index (χ3n) is 5.06. The Balaban J connectivity index is 1.67. The minimum atomic E-state index is 0.531. The minimum absolute atomic E-state index is 0.531. The van der Waals surface area contributed by atoms with Gasteiger partial charge in [-0.1, -0.05) is 30.3 Å². The van der Waals surface area contributed by atoms with E-state index in [9.17, 15) is 0 Å². The maximum Gasteiger partial charge on any atom is 0.169 e. The fourth-order valence-corrected chi connectivity index (χ4v) is 3.70. The number of likely N-dealkylation sites (N-methyl/N-ethyl adjacent to an activating group) is 1. The van der Waals surface area contributed by atoms with Crippen molar-refractivity contribution in [2.75, 3.05) is 30.8 Å². The van der Waals surface area contributed by atoms with Crippen LogP contribution in [0.3, 0.4) is 0 Å². The van der Waals surface area contributed by atoms with E-state index in [-0.39, 0.29) is 0 Å². The van der Waals surface area contributed by atoms with Crippen molar-refractivity contribution in [1.29, 1.82) is 0 Å². The average molecular weight is 295 g/mol. The van der Waals surface area contributed by atoms with Gasteiger partial charge in [-0.25, -0.2) is 0 Å². The Bertz CT molecular complexity index is 658. The van der Waals surface area contributed by atoms with Gasteiger partial charge in [-0.05, 0) is 26.0 Å². The largest absolute Gasteiger partial charge is 0.380 e. The quantitative estimate of drug-likeness (QED) is 0.918. The maximum absolute atomic E-state index is 6.12. The van der Waals surface area contributed by atoms with E-state index in [1.54, 1.807) is 0 Å². The molecule has 2 bridgehead atoms. The molecular formula is C17H21N5. The number of piperazine rings is 1. The van der Waals surface area contributed by atoms with Crippen LogP contribution in [0.4, 0.5) is 11.5 Å². The molecule has 5 heteroatoms. The summed E-state index contributed by atoms with van der Waals surface area (Å²) >= 11 is 0. The molecule has 1 aromatic heterocycles. The highest BCUT2D eigenvalue weighted by molar-refractivity contribution is 5.71. The van der Waals surface area contributed by atoms with Crippen molar-refractivity contribution in [3.05, 3.63) is 36.4 Å². The Morgan fingerprint density at radius 2 is 1.73 bits per heavy atom. The second-order valence-electron chi connectivity index (χ2n) is 6.32. The van der Waals surface area contributed by atoms with E-state index in [4.69, 9.17) is 5.73 Å². The number of nitrogens with two attached hydrogens (primary N) is 1. The van der Waals surface area contributed by atoms with E-state index in [1.165, 1.54) is 12.8 Å². The number of hydrogen-bond acceptors (Lipinski definition) is 5. The first kappa shape index (κ1) is 13.5. The zero-order chi connectivity index (χ0) is 15.1. The molecule has 0 saturated carbocycles. The van der Waals surface area contributed by atoms with Crippen LogP contribution in [0.5, 0.6) is 0 Å². The molecule has 2 aliphatic heterocycles. The monoisotopic (exact) mass is 295 g/mol. The number of aromatic nitrogens is 2. The van der Waals surface area contributed by atoms with Gasteiger partial charge in [0.15, 0.2) is 5.82 Å². The summed E-state index contributed by atoms with van der Waals surface area (Å²) in [5, 5.41) is 8.45. The lowest BCUT2D eigenvalue weighted by molar-refractivity contribution is 0.212. The summed E-state index contributed by atoms with van der Waals surface area (Å²) in [6.07, 6.45) is 2.56. The van der Waals surface area contributed by atoms with Gasteiger partial charge in [0.2, 0.25) is 0 Å². The smallest absolute Gasteiger partial charge is 0.169 e. The van der Waals surface area contributed by atoms with Crippen molar-refractivity contribution < 1.29 is 0 Å². The van der Waals surface area contributed by atoms with E-state index in [1.807, 2.05) is 18.2 Å². The van der Waals surface area contributed by atoms with Crippen LogP contribution < -0.4 is 10.6 Å². The second-order valence-corrected chi connectivity index (χ2v) is 6.32. The lowest BCUT2D eigenvalue weighted by Gasteiger charge is -2.40. The lowest BCUT2D eigenvalue weighted by atomic mass is 10.1. The number of hydrogen-bond donors (Lipinski definition) is 1. The van der Waals surface area contributed by atoms with Crippen molar-refractivity contribution in [3.8, 4) is 11.3 Å². The zero-order valence-corrected chi connectivity index (χ0v) is 12.8. The Morgan fingerprint density at radius 1 is 1.05 bits per heavy atom. The van der Waals surface area contributed by atoms with Crippen molar-refractivity contribution in [2.45, 2.75) is 24.9 Å². The molecule has 0 aliphatic carbocycles. The number of fused-ring (bicyclic) bond motifs is 2. The molecule has 3 heterocycles. The first-order chi connectivity index (χ1) is 10.7. The minimum Gasteiger partial charge on any atom is -0.380 e. The number of anilines is 2. The van der Waals surface area contributed by atoms with Gasteiger partial charge in [0.1, 0.15) is 0 Å². The third kappa shape index (κ3) is 2.22. The molecule has 2 aromatic rings. The molecule has 2 N–H and O–H groups in total. The Morgan fingerprint density at radius 3 is 2.41 bits per heavy atom. The molecule has 4 rings (SSSR count). The molecule has 2 atom stereocenters. The first-order valence-electron chi connectivity index (χ1n) is 7.88. The molecule has 2 fully saturated rings. The summed E-state index contributed by atoms with van der Waals surface area (Å²) in [4.78, 5) is 4.90. The Hall–Kier alpha value is -2.14. The summed E-state index contributed by atoms with van der Waals surface area (Å²) in [5.41, 5.74) is 9.10. The molecular weight excluding hydrogens is 274 g/mol. The van der Waals surface area contributed by atoms with E-state index in [0.717, 1.165) is 30.0 Å². The summed E-state index contributed by atoms with van der Waals surface area (Å²) in [6.45, 7) is 2.05. The molecule has 0 spiro atoms. The topological polar surface area (TPSA) is 58.3 Å². The maximum atomic E-state index is 6.12. The van der Waals surface area contributed by atoms with Crippen molar-refractivity contribution in [1.82, 2.24) is 15.1 Å². The molecule has 22 heavy (non-hydrogen) atoms. The van der Waals surface area contributed by atoms with Crippen LogP contribution in [-0.2, 0) is 0 Å². The molecule has 5 nitrogen and oxygen atoms in total. The standard InChI is InChI=1S/C17H21N5/c1-21-13-7-8-14(21)11-22(10-13)16-9-15(19-20-17(16)18)12-5-3-2-4-6-12/h2-6,9,13-14H,7-8,10-11H2,1H3,(H2,18,20). The Labute approximate surface area is 130 Å². The van der Waals surface area contributed by atoms with Crippen molar-refractivity contribution in [2.24, 2.45) is 0 Å². The summed E-state index contributed by atoms with van der Waals surface area (Å²) in [7, 11) is 2.24. The molecule has 2 aliphatic rings. The third-order valence-corrected chi connectivity index (χ3v) is 5.06. The van der Waals surface area contributed by atoms with Crippen LogP contribution in [-0.4, -0.2) is 47.3 Å². The fraction of sp³-hybridized carbons (Fsp3) is 0.412. The number of rotatable bonds is 2. The predicted molar refractivity (Wildman–Crippen MR) is 88.7 cm³/mol. The van der Waals surface area contributed by atoms with Gasteiger partial charge in [-0.15, -0.1) is 10.2 Å². The second kappa shape index (κ2) is 5.25. The highest BCUT2D eigenvalue weighted by Crippen LogP contribution is 2.34. The van der Waals surface area contributed by atoms with Gasteiger partial charge >= 0.3 is 0 Å². The highest BCUT2D eigenvalue weighted by Gasteiger charge is 2.38. The van der Waals surface area contributed by atoms with Crippen LogP contribution in [0.1, 0.15) is 12.8 Å². The normalized spacial score (nSPS) is 24.7. The van der Waals surface area contributed by atoms with Crippen molar-refractivity contribution in [3.63, 3.8) is 0 Å². The molecule has 2 unspecified atom stereocenters. The van der Waals surface area contributed by atoms with E-state index in [0.29, 0.717) is 17.9 Å².